The number of hydrogen-bond acceptors (Lipinski definition) is 6. The van der Waals surface area contributed by atoms with E-state index in [1.807, 2.05) is 89.5 Å². The summed E-state index contributed by atoms with van der Waals surface area (Å²) < 4.78 is 40.4. The molecule has 10 heteroatoms. The van der Waals surface area contributed by atoms with Gasteiger partial charge in [-0.05, 0) is 40.8 Å². The molecular formula is C30H25N2O6S2+. The van der Waals surface area contributed by atoms with Crippen molar-refractivity contribution < 1.29 is 31.9 Å². The Kier molecular flexibility index (Phi) is 6.83. The summed E-state index contributed by atoms with van der Waals surface area (Å²) in [6.45, 7) is 0.0323. The van der Waals surface area contributed by atoms with Crippen molar-refractivity contribution in [2.45, 2.75) is 17.9 Å². The molecule has 1 aliphatic heterocycles. The Labute approximate surface area is 234 Å². The first-order chi connectivity index (χ1) is 19.3. The number of fused-ring (bicyclic) bond motifs is 4. The molecule has 40 heavy (non-hydrogen) atoms. The van der Waals surface area contributed by atoms with E-state index in [9.17, 15) is 22.9 Å². The summed E-state index contributed by atoms with van der Waals surface area (Å²) in [6.07, 6.45) is 1.97. The lowest BCUT2D eigenvalue weighted by molar-refractivity contribution is -0.677. The van der Waals surface area contributed by atoms with Crippen LogP contribution in [0.25, 0.3) is 39.1 Å². The Morgan fingerprint density at radius 2 is 1.75 bits per heavy atom. The van der Waals surface area contributed by atoms with Crippen LogP contribution in [0.2, 0.25) is 0 Å². The van der Waals surface area contributed by atoms with Crippen molar-refractivity contribution in [2.24, 2.45) is 0 Å². The van der Waals surface area contributed by atoms with E-state index >= 15 is 0 Å². The molecule has 0 saturated carbocycles. The van der Waals surface area contributed by atoms with Gasteiger partial charge >= 0.3 is 11.9 Å². The largest absolute Gasteiger partial charge is 0.480 e. The van der Waals surface area contributed by atoms with Crippen molar-refractivity contribution in [1.29, 1.82) is 0 Å². The third kappa shape index (κ3) is 5.21. The number of thioether (sulfide) groups is 1. The molecule has 4 aromatic carbocycles. The number of carbonyl (C=O) groups is 1. The second-order valence-electron chi connectivity index (χ2n) is 9.48. The summed E-state index contributed by atoms with van der Waals surface area (Å²) in [4.78, 5) is 14.6. The highest BCUT2D eigenvalue weighted by molar-refractivity contribution is 8.03. The van der Waals surface area contributed by atoms with E-state index in [2.05, 4.69) is 0 Å². The molecule has 0 fully saturated rings. The number of benzene rings is 4. The van der Waals surface area contributed by atoms with Gasteiger partial charge in [-0.2, -0.15) is 13.0 Å². The van der Waals surface area contributed by atoms with Crippen LogP contribution in [0.15, 0.2) is 99.3 Å². The number of carboxylic acid groups (broad SMARTS) is 1. The molecule has 1 aromatic heterocycles. The van der Waals surface area contributed by atoms with E-state index in [0.29, 0.717) is 16.5 Å². The van der Waals surface area contributed by atoms with Crippen LogP contribution in [0.4, 0.5) is 5.69 Å². The molecule has 1 aliphatic rings. The third-order valence-corrected chi connectivity index (χ3v) is 8.69. The average molecular weight is 574 g/mol. The molecule has 0 radical (unpaired) electrons. The third-order valence-electron chi connectivity index (χ3n) is 6.78. The standard InChI is InChI=1S/C30H24N2O6S2/c33-29(34)19-32-24-17-22(20-7-2-1-3-8-20)12-14-26(24)39-28(32)18-27-31(15-6-16-40(35,36)37)30-23-10-5-4-9-21(23)11-13-25(30)38-27/h1-5,7-14,17-18H,6,15-16,19H2,(H-,33,34,35,36,37)/p+1. The van der Waals surface area contributed by atoms with Gasteiger partial charge in [0.1, 0.15) is 6.54 Å². The van der Waals surface area contributed by atoms with E-state index in [1.165, 1.54) is 11.8 Å². The number of nitrogens with zero attached hydrogens (tertiary/aromatic N) is 2. The van der Waals surface area contributed by atoms with Gasteiger partial charge < -0.3 is 14.4 Å². The van der Waals surface area contributed by atoms with Crippen LogP contribution in [-0.2, 0) is 21.5 Å². The van der Waals surface area contributed by atoms with Crippen LogP contribution in [0.1, 0.15) is 12.3 Å². The van der Waals surface area contributed by atoms with Gasteiger partial charge in [0, 0.05) is 11.3 Å². The van der Waals surface area contributed by atoms with Crippen LogP contribution < -0.4 is 9.47 Å². The summed E-state index contributed by atoms with van der Waals surface area (Å²) in [7, 11) is -4.13. The average Bonchev–Trinajstić information content (AvgIpc) is 3.45. The number of anilines is 1. The Morgan fingerprint density at radius 3 is 2.52 bits per heavy atom. The number of carboxylic acids is 1. The van der Waals surface area contributed by atoms with Gasteiger partial charge in [0.15, 0.2) is 6.54 Å². The number of aromatic nitrogens is 1. The monoisotopic (exact) mass is 573 g/mol. The number of hydrogen-bond donors (Lipinski definition) is 2. The fraction of sp³-hybridized carbons (Fsp3) is 0.133. The van der Waals surface area contributed by atoms with E-state index in [4.69, 9.17) is 4.42 Å². The van der Waals surface area contributed by atoms with Crippen LogP contribution >= 0.6 is 11.8 Å². The van der Waals surface area contributed by atoms with Gasteiger partial charge in [-0.3, -0.25) is 9.35 Å². The normalized spacial score (nSPS) is 14.3. The van der Waals surface area contributed by atoms with Crippen LogP contribution in [0.3, 0.4) is 0 Å². The molecule has 0 aliphatic carbocycles. The van der Waals surface area contributed by atoms with Gasteiger partial charge in [0.2, 0.25) is 5.58 Å². The summed E-state index contributed by atoms with van der Waals surface area (Å²) in [5.74, 6) is -0.905. The van der Waals surface area contributed by atoms with Gasteiger partial charge in [0.25, 0.3) is 15.6 Å². The highest BCUT2D eigenvalue weighted by Gasteiger charge is 2.31. The molecule has 5 aromatic rings. The number of aryl methyl sites for hydroxylation is 1. The van der Waals surface area contributed by atoms with E-state index in [-0.39, 0.29) is 25.3 Å². The SMILES string of the molecule is O=C(O)CN1C(=Cc2oc3ccc4ccccc4c3[n+]2CCCS(=O)(=O)O)Sc2ccc(-c3ccccc3)cc21. The summed E-state index contributed by atoms with van der Waals surface area (Å²) in [5, 5.41) is 12.4. The zero-order chi connectivity index (χ0) is 27.9. The Hall–Kier alpha value is -4.12. The minimum Gasteiger partial charge on any atom is -0.480 e. The van der Waals surface area contributed by atoms with Crippen molar-refractivity contribution in [3.8, 4) is 11.1 Å². The van der Waals surface area contributed by atoms with Crippen LogP contribution in [0, 0.1) is 0 Å². The smallest absolute Gasteiger partial charge is 0.376 e. The lowest BCUT2D eigenvalue weighted by atomic mass is 10.0. The predicted molar refractivity (Wildman–Crippen MR) is 156 cm³/mol. The van der Waals surface area contributed by atoms with Gasteiger partial charge in [-0.15, -0.1) is 0 Å². The summed E-state index contributed by atoms with van der Waals surface area (Å²) >= 11 is 1.45. The maximum atomic E-state index is 11.9. The van der Waals surface area contributed by atoms with Gasteiger partial charge in [-0.1, -0.05) is 72.4 Å². The number of oxazole rings is 1. The summed E-state index contributed by atoms with van der Waals surface area (Å²) in [6, 6.07) is 27.6. The molecule has 2 heterocycles. The first-order valence-electron chi connectivity index (χ1n) is 12.6. The summed E-state index contributed by atoms with van der Waals surface area (Å²) in [5.41, 5.74) is 4.22. The van der Waals surface area contributed by atoms with Crippen molar-refractivity contribution in [3.05, 3.63) is 95.8 Å². The Bertz CT molecular complexity index is 1900. The number of rotatable bonds is 8. The van der Waals surface area contributed by atoms with Crippen LogP contribution in [0.5, 0.6) is 0 Å². The predicted octanol–water partition coefficient (Wildman–Crippen LogP) is 5.81. The zero-order valence-electron chi connectivity index (χ0n) is 21.2. The molecule has 0 bridgehead atoms. The van der Waals surface area contributed by atoms with Crippen molar-refractivity contribution >= 4 is 61.5 Å². The molecule has 0 saturated heterocycles. The topological polar surface area (TPSA) is 112 Å². The fourth-order valence-corrected chi connectivity index (χ4v) is 6.59. The fourth-order valence-electron chi connectivity index (χ4n) is 5.03. The lowest BCUT2D eigenvalue weighted by Gasteiger charge is -2.18. The van der Waals surface area contributed by atoms with Gasteiger partial charge in [-0.25, -0.2) is 0 Å². The van der Waals surface area contributed by atoms with Crippen molar-refractivity contribution in [2.75, 3.05) is 17.2 Å². The molecule has 202 valence electrons. The Balaban J connectivity index is 1.47. The maximum absolute atomic E-state index is 11.9. The minimum absolute atomic E-state index is 0.171. The highest BCUT2D eigenvalue weighted by Crippen LogP contribution is 2.48. The first-order valence-corrected chi connectivity index (χ1v) is 15.1. The lowest BCUT2D eigenvalue weighted by Crippen LogP contribution is -2.36. The second kappa shape index (κ2) is 10.5. The quantitative estimate of drug-likeness (QED) is 0.177. The zero-order valence-corrected chi connectivity index (χ0v) is 22.9. The van der Waals surface area contributed by atoms with E-state index in [0.717, 1.165) is 38.0 Å². The molecule has 8 nitrogen and oxygen atoms in total. The first kappa shape index (κ1) is 26.1. The molecule has 2 N–H and O–H groups in total. The highest BCUT2D eigenvalue weighted by atomic mass is 32.2. The maximum Gasteiger partial charge on any atom is 0.376 e. The van der Waals surface area contributed by atoms with Crippen LogP contribution in [-0.4, -0.2) is 36.3 Å². The molecule has 0 amide bonds. The van der Waals surface area contributed by atoms with Crippen molar-refractivity contribution in [1.82, 2.24) is 0 Å². The molecule has 6 rings (SSSR count). The number of aliphatic carboxylic acids is 1. The Morgan fingerprint density at radius 1 is 0.975 bits per heavy atom. The van der Waals surface area contributed by atoms with E-state index < -0.39 is 16.1 Å². The second-order valence-corrected chi connectivity index (χ2v) is 12.1. The molecule has 0 spiro atoms. The van der Waals surface area contributed by atoms with Crippen molar-refractivity contribution in [3.63, 3.8) is 0 Å². The van der Waals surface area contributed by atoms with Gasteiger partial charge in [0.05, 0.1) is 27.9 Å². The molecule has 0 unspecified atom stereocenters. The molecule has 0 atom stereocenters. The molecular weight excluding hydrogens is 548 g/mol. The minimum atomic E-state index is -4.13. The van der Waals surface area contributed by atoms with E-state index in [1.54, 1.807) is 11.0 Å².